The average molecular weight is 233 g/mol. The van der Waals surface area contributed by atoms with E-state index in [1.165, 1.54) is 0 Å². The summed E-state index contributed by atoms with van der Waals surface area (Å²) in [7, 11) is -2.57. The number of hydrogen-bond acceptors (Lipinski definition) is 4. The standard InChI is InChI=1S/C12H14N4O/c1-17-11-9(3-2-4-10(11)13)12-14-7-16(15-12)8-5-6-8/h2-4,7-8H,5-6,13H2,1H3/i1D3. The molecule has 3 rings (SSSR count). The fourth-order valence-corrected chi connectivity index (χ4v) is 1.76. The Hall–Kier alpha value is -2.04. The van der Waals surface area contributed by atoms with Gasteiger partial charge in [-0.15, -0.1) is 0 Å². The van der Waals surface area contributed by atoms with E-state index in [1.54, 1.807) is 29.2 Å². The Labute approximate surface area is 103 Å². The summed E-state index contributed by atoms with van der Waals surface area (Å²) in [6.07, 6.45) is 3.84. The van der Waals surface area contributed by atoms with E-state index < -0.39 is 7.04 Å². The second-order valence-corrected chi connectivity index (χ2v) is 4.11. The monoisotopic (exact) mass is 233 g/mol. The number of nitrogens with zero attached hydrogens (tertiary/aromatic N) is 3. The molecule has 1 fully saturated rings. The van der Waals surface area contributed by atoms with Crippen LogP contribution in [0.4, 0.5) is 5.69 Å². The van der Waals surface area contributed by atoms with E-state index in [1.807, 2.05) is 0 Å². The second kappa shape index (κ2) is 3.76. The molecule has 0 aliphatic heterocycles. The first-order valence-corrected chi connectivity index (χ1v) is 5.43. The van der Waals surface area contributed by atoms with E-state index >= 15 is 0 Å². The second-order valence-electron chi connectivity index (χ2n) is 4.11. The van der Waals surface area contributed by atoms with Crippen molar-refractivity contribution in [3.63, 3.8) is 0 Å². The summed E-state index contributed by atoms with van der Waals surface area (Å²) in [6.45, 7) is 0. The molecule has 0 radical (unpaired) electrons. The highest BCUT2D eigenvalue weighted by Crippen LogP contribution is 2.36. The van der Waals surface area contributed by atoms with E-state index in [0.29, 0.717) is 17.4 Å². The largest absolute Gasteiger partial charge is 0.494 e. The Balaban J connectivity index is 2.00. The molecule has 0 saturated heterocycles. The number of aromatic nitrogens is 3. The minimum absolute atomic E-state index is 0.0982. The van der Waals surface area contributed by atoms with Crippen molar-refractivity contribution in [2.45, 2.75) is 18.9 Å². The summed E-state index contributed by atoms with van der Waals surface area (Å²) in [5.74, 6) is 0.518. The van der Waals surface area contributed by atoms with Crippen molar-refractivity contribution in [1.29, 1.82) is 0 Å². The van der Waals surface area contributed by atoms with Crippen LogP contribution in [0.15, 0.2) is 24.5 Å². The van der Waals surface area contributed by atoms with Gasteiger partial charge < -0.3 is 10.5 Å². The molecule has 1 aromatic heterocycles. The average Bonchev–Trinajstić information content (AvgIpc) is 3.09. The highest BCUT2D eigenvalue weighted by atomic mass is 16.5. The Bertz CT molecular complexity index is 634. The fourth-order valence-electron chi connectivity index (χ4n) is 1.76. The number of hydrogen-bond donors (Lipinski definition) is 1. The third-order valence-corrected chi connectivity index (χ3v) is 2.82. The van der Waals surface area contributed by atoms with Crippen molar-refractivity contribution in [1.82, 2.24) is 14.8 Å². The van der Waals surface area contributed by atoms with Gasteiger partial charge in [0.25, 0.3) is 0 Å². The van der Waals surface area contributed by atoms with Gasteiger partial charge in [0.05, 0.1) is 28.4 Å². The van der Waals surface area contributed by atoms with Gasteiger partial charge in [-0.1, -0.05) is 6.07 Å². The van der Waals surface area contributed by atoms with Gasteiger partial charge in [0.15, 0.2) is 11.6 Å². The molecule has 88 valence electrons. The summed E-state index contributed by atoms with van der Waals surface area (Å²) in [5.41, 5.74) is 6.55. The Morgan fingerprint density at radius 1 is 1.53 bits per heavy atom. The number of nitrogen functional groups attached to an aromatic ring is 1. The molecule has 5 nitrogen and oxygen atoms in total. The van der Waals surface area contributed by atoms with Crippen LogP contribution in [0.3, 0.4) is 0 Å². The number of benzene rings is 1. The molecule has 0 amide bonds. The highest BCUT2D eigenvalue weighted by molar-refractivity contribution is 5.72. The molecule has 1 aromatic carbocycles. The summed E-state index contributed by atoms with van der Waals surface area (Å²) < 4.78 is 28.4. The molecule has 5 heteroatoms. The summed E-state index contributed by atoms with van der Waals surface area (Å²) in [5, 5.41) is 4.36. The fraction of sp³-hybridized carbons (Fsp3) is 0.333. The van der Waals surface area contributed by atoms with E-state index in [9.17, 15) is 0 Å². The Morgan fingerprint density at radius 2 is 2.41 bits per heavy atom. The van der Waals surface area contributed by atoms with Crippen LogP contribution in [-0.2, 0) is 0 Å². The molecule has 0 bridgehead atoms. The van der Waals surface area contributed by atoms with Gasteiger partial charge in [-0.2, -0.15) is 5.10 Å². The summed E-state index contributed by atoms with van der Waals surface area (Å²) in [6, 6.07) is 5.41. The molecule has 1 aliphatic carbocycles. The zero-order valence-corrected chi connectivity index (χ0v) is 9.13. The molecule has 17 heavy (non-hydrogen) atoms. The van der Waals surface area contributed by atoms with Crippen LogP contribution >= 0.6 is 0 Å². The lowest BCUT2D eigenvalue weighted by Gasteiger charge is -2.07. The lowest BCUT2D eigenvalue weighted by atomic mass is 10.1. The van der Waals surface area contributed by atoms with Crippen molar-refractivity contribution in [3.8, 4) is 17.1 Å². The number of nitrogens with two attached hydrogens (primary N) is 1. The van der Waals surface area contributed by atoms with Crippen LogP contribution in [0.1, 0.15) is 23.0 Å². The van der Waals surface area contributed by atoms with E-state index in [0.717, 1.165) is 12.8 Å². The predicted molar refractivity (Wildman–Crippen MR) is 64.7 cm³/mol. The zero-order chi connectivity index (χ0) is 14.3. The molecule has 0 unspecified atom stereocenters. The maximum Gasteiger partial charge on any atom is 0.184 e. The van der Waals surface area contributed by atoms with Gasteiger partial charge >= 0.3 is 0 Å². The van der Waals surface area contributed by atoms with Gasteiger partial charge in [0.2, 0.25) is 0 Å². The smallest absolute Gasteiger partial charge is 0.184 e. The van der Waals surface area contributed by atoms with Crippen LogP contribution in [-0.4, -0.2) is 21.8 Å². The minimum atomic E-state index is -2.57. The zero-order valence-electron chi connectivity index (χ0n) is 12.1. The van der Waals surface area contributed by atoms with Crippen molar-refractivity contribution in [2.75, 3.05) is 12.8 Å². The third-order valence-electron chi connectivity index (χ3n) is 2.82. The minimum Gasteiger partial charge on any atom is -0.494 e. The number of ether oxygens (including phenoxy) is 1. The molecule has 0 spiro atoms. The number of anilines is 1. The van der Waals surface area contributed by atoms with E-state index in [-0.39, 0.29) is 11.4 Å². The van der Waals surface area contributed by atoms with Crippen molar-refractivity contribution < 1.29 is 8.85 Å². The molecular weight excluding hydrogens is 216 g/mol. The maximum atomic E-state index is 7.22. The first kappa shape index (κ1) is 7.32. The van der Waals surface area contributed by atoms with Gasteiger partial charge in [0, 0.05) is 0 Å². The number of methoxy groups -OCH3 is 1. The van der Waals surface area contributed by atoms with Crippen molar-refractivity contribution >= 4 is 5.69 Å². The summed E-state index contributed by atoms with van der Waals surface area (Å²) >= 11 is 0. The first-order chi connectivity index (χ1) is 9.44. The van der Waals surface area contributed by atoms with Crippen LogP contribution in [0.2, 0.25) is 0 Å². The predicted octanol–water partition coefficient (Wildman–Crippen LogP) is 1.87. The van der Waals surface area contributed by atoms with Crippen LogP contribution in [0.5, 0.6) is 5.75 Å². The molecular formula is C12H14N4O. The molecule has 0 atom stereocenters. The number of para-hydroxylation sites is 1. The lowest BCUT2D eigenvalue weighted by molar-refractivity contribution is 0.418. The molecule has 1 saturated carbocycles. The Kier molecular flexibility index (Phi) is 1.62. The van der Waals surface area contributed by atoms with E-state index in [4.69, 9.17) is 14.6 Å². The molecule has 2 N–H and O–H groups in total. The van der Waals surface area contributed by atoms with Gasteiger partial charge in [-0.25, -0.2) is 9.67 Å². The van der Waals surface area contributed by atoms with Crippen LogP contribution in [0, 0.1) is 0 Å². The van der Waals surface area contributed by atoms with Gasteiger partial charge in [-0.05, 0) is 25.0 Å². The maximum absolute atomic E-state index is 7.22. The van der Waals surface area contributed by atoms with Crippen LogP contribution < -0.4 is 10.5 Å². The van der Waals surface area contributed by atoms with E-state index in [2.05, 4.69) is 10.1 Å². The van der Waals surface area contributed by atoms with Gasteiger partial charge in [-0.3, -0.25) is 0 Å². The molecule has 1 heterocycles. The first-order valence-electron chi connectivity index (χ1n) is 6.93. The van der Waals surface area contributed by atoms with Crippen molar-refractivity contribution in [3.05, 3.63) is 24.5 Å². The highest BCUT2D eigenvalue weighted by Gasteiger charge is 2.25. The SMILES string of the molecule is [2H]C([2H])([2H])Oc1c(N)cccc1-c1ncn(C2CC2)n1. The quantitative estimate of drug-likeness (QED) is 0.822. The Morgan fingerprint density at radius 3 is 3.18 bits per heavy atom. The summed E-state index contributed by atoms with van der Waals surface area (Å²) in [4.78, 5) is 4.21. The normalized spacial score (nSPS) is 18.2. The van der Waals surface area contributed by atoms with Gasteiger partial charge in [0.1, 0.15) is 6.33 Å². The van der Waals surface area contributed by atoms with Crippen molar-refractivity contribution in [2.24, 2.45) is 0 Å². The number of rotatable bonds is 3. The lowest BCUT2D eigenvalue weighted by Crippen LogP contribution is -1.97. The molecule has 2 aromatic rings. The topological polar surface area (TPSA) is 66.0 Å². The third kappa shape index (κ3) is 1.73. The van der Waals surface area contributed by atoms with Crippen LogP contribution in [0.25, 0.3) is 11.4 Å². The molecule has 1 aliphatic rings.